The number of hydrogen-bond donors (Lipinski definition) is 1. The fourth-order valence-electron chi connectivity index (χ4n) is 4.09. The second-order valence-corrected chi connectivity index (χ2v) is 9.04. The number of benzene rings is 1. The van der Waals surface area contributed by atoms with E-state index in [0.29, 0.717) is 5.92 Å². The highest BCUT2D eigenvalue weighted by molar-refractivity contribution is 5.77. The van der Waals surface area contributed by atoms with Gasteiger partial charge in [0.05, 0.1) is 0 Å². The molecule has 4 rings (SSSR count). The molecule has 0 aliphatic carbocycles. The zero-order valence-corrected chi connectivity index (χ0v) is 19.4. The highest BCUT2D eigenvalue weighted by Crippen LogP contribution is 2.24. The van der Waals surface area contributed by atoms with Gasteiger partial charge in [0.2, 0.25) is 0 Å². The Labute approximate surface area is 190 Å². The molecule has 3 heterocycles. The zero-order valence-electron chi connectivity index (χ0n) is 19.4. The van der Waals surface area contributed by atoms with Crippen molar-refractivity contribution in [2.45, 2.75) is 33.7 Å². The summed E-state index contributed by atoms with van der Waals surface area (Å²) in [6.07, 6.45) is 2.85. The van der Waals surface area contributed by atoms with Crippen LogP contribution in [0.15, 0.2) is 42.6 Å². The third-order valence-electron chi connectivity index (χ3n) is 6.11. The third-order valence-corrected chi connectivity index (χ3v) is 6.11. The van der Waals surface area contributed by atoms with E-state index < -0.39 is 0 Å². The number of carbonyl (C=O) groups excluding carboxylic acids is 1. The van der Waals surface area contributed by atoms with Crippen LogP contribution in [0.5, 0.6) is 0 Å². The van der Waals surface area contributed by atoms with Crippen LogP contribution < -0.4 is 5.32 Å². The molecule has 1 N–H and O–H groups in total. The van der Waals surface area contributed by atoms with Gasteiger partial charge in [0.15, 0.2) is 5.65 Å². The van der Waals surface area contributed by atoms with Crippen molar-refractivity contribution in [1.29, 1.82) is 0 Å². The lowest BCUT2D eigenvalue weighted by Crippen LogP contribution is -2.52. The zero-order chi connectivity index (χ0) is 22.5. The van der Waals surface area contributed by atoms with Crippen molar-refractivity contribution in [1.82, 2.24) is 29.7 Å². The summed E-state index contributed by atoms with van der Waals surface area (Å²) in [7, 11) is 0. The normalized spacial score (nSPS) is 14.9. The first-order valence-electron chi connectivity index (χ1n) is 11.6. The van der Waals surface area contributed by atoms with Gasteiger partial charge in [0, 0.05) is 57.6 Å². The Balaban J connectivity index is 1.38. The lowest BCUT2D eigenvalue weighted by molar-refractivity contribution is 0.137. The first kappa shape index (κ1) is 22.3. The van der Waals surface area contributed by atoms with Crippen LogP contribution in [0.3, 0.4) is 0 Å². The maximum atomic E-state index is 12.4. The van der Waals surface area contributed by atoms with Gasteiger partial charge in [-0.1, -0.05) is 43.7 Å². The maximum Gasteiger partial charge on any atom is 0.317 e. The second-order valence-electron chi connectivity index (χ2n) is 9.04. The number of aryl methyl sites for hydroxylation is 1. The Morgan fingerprint density at radius 3 is 2.53 bits per heavy atom. The van der Waals surface area contributed by atoms with Crippen LogP contribution in [0, 0.1) is 12.8 Å². The molecular formula is C25H34N6O. The number of nitrogens with zero attached hydrogens (tertiary/aromatic N) is 5. The van der Waals surface area contributed by atoms with Gasteiger partial charge in [-0.25, -0.2) is 14.8 Å². The van der Waals surface area contributed by atoms with Crippen LogP contribution in [0.1, 0.15) is 25.8 Å². The molecule has 0 bridgehead atoms. The standard InChI is InChI=1S/C25H34N6O/c1-19(2)10-12-27-25(32)30-16-13-29(14-17-30)15-18-31-23(21-8-6-20(3)7-9-21)28-22-5-4-11-26-24(22)31/h4-9,11,19H,10,12-18H2,1-3H3,(H,27,32). The van der Waals surface area contributed by atoms with E-state index in [0.717, 1.165) is 74.8 Å². The van der Waals surface area contributed by atoms with E-state index in [1.165, 1.54) is 5.56 Å². The Morgan fingerprint density at radius 1 is 1.06 bits per heavy atom. The summed E-state index contributed by atoms with van der Waals surface area (Å²) < 4.78 is 2.23. The number of rotatable bonds is 7. The fraction of sp³-hybridized carbons (Fsp3) is 0.480. The van der Waals surface area contributed by atoms with Crippen LogP contribution in [0.4, 0.5) is 4.79 Å². The molecule has 0 spiro atoms. The number of urea groups is 1. The monoisotopic (exact) mass is 434 g/mol. The van der Waals surface area contributed by atoms with E-state index in [4.69, 9.17) is 4.98 Å². The molecule has 2 aromatic heterocycles. The molecule has 170 valence electrons. The van der Waals surface area contributed by atoms with E-state index in [1.807, 2.05) is 23.2 Å². The number of nitrogens with one attached hydrogen (secondary N) is 1. The number of piperazine rings is 1. The number of hydrogen-bond acceptors (Lipinski definition) is 4. The van der Waals surface area contributed by atoms with Crippen molar-refractivity contribution in [3.8, 4) is 11.4 Å². The number of imidazole rings is 1. The van der Waals surface area contributed by atoms with E-state index >= 15 is 0 Å². The van der Waals surface area contributed by atoms with Crippen molar-refractivity contribution >= 4 is 17.2 Å². The second kappa shape index (κ2) is 10.1. The van der Waals surface area contributed by atoms with Gasteiger partial charge in [-0.15, -0.1) is 0 Å². The predicted molar refractivity (Wildman–Crippen MR) is 129 cm³/mol. The van der Waals surface area contributed by atoms with Crippen molar-refractivity contribution in [3.05, 3.63) is 48.2 Å². The van der Waals surface area contributed by atoms with Crippen molar-refractivity contribution in [2.75, 3.05) is 39.3 Å². The first-order valence-corrected chi connectivity index (χ1v) is 11.6. The predicted octanol–water partition coefficient (Wildman–Crippen LogP) is 3.78. The number of aromatic nitrogens is 3. The largest absolute Gasteiger partial charge is 0.338 e. The van der Waals surface area contributed by atoms with Crippen molar-refractivity contribution in [2.24, 2.45) is 5.92 Å². The van der Waals surface area contributed by atoms with Gasteiger partial charge in [-0.3, -0.25) is 4.90 Å². The number of amides is 2. The van der Waals surface area contributed by atoms with E-state index in [2.05, 4.69) is 64.8 Å². The van der Waals surface area contributed by atoms with Crippen molar-refractivity contribution < 1.29 is 4.79 Å². The average molecular weight is 435 g/mol. The van der Waals surface area contributed by atoms with Crippen LogP contribution in [0.25, 0.3) is 22.6 Å². The van der Waals surface area contributed by atoms with Gasteiger partial charge in [0.1, 0.15) is 11.3 Å². The fourth-order valence-corrected chi connectivity index (χ4v) is 4.09. The number of pyridine rings is 1. The first-order chi connectivity index (χ1) is 15.5. The SMILES string of the molecule is Cc1ccc(-c2nc3cccnc3n2CCN2CCN(C(=O)NCCC(C)C)CC2)cc1. The van der Waals surface area contributed by atoms with Crippen LogP contribution in [-0.4, -0.2) is 69.6 Å². The molecule has 0 saturated carbocycles. The van der Waals surface area contributed by atoms with E-state index in [1.54, 1.807) is 0 Å². The molecule has 32 heavy (non-hydrogen) atoms. The summed E-state index contributed by atoms with van der Waals surface area (Å²) in [5.41, 5.74) is 4.19. The van der Waals surface area contributed by atoms with Gasteiger partial charge >= 0.3 is 6.03 Å². The van der Waals surface area contributed by atoms with Gasteiger partial charge in [0.25, 0.3) is 0 Å². The molecule has 1 aliphatic rings. The molecule has 0 radical (unpaired) electrons. The summed E-state index contributed by atoms with van der Waals surface area (Å²) in [4.78, 5) is 26.2. The maximum absolute atomic E-state index is 12.4. The quantitative estimate of drug-likeness (QED) is 0.615. The van der Waals surface area contributed by atoms with E-state index in [-0.39, 0.29) is 6.03 Å². The molecule has 0 atom stereocenters. The molecular weight excluding hydrogens is 400 g/mol. The van der Waals surface area contributed by atoms with Crippen LogP contribution >= 0.6 is 0 Å². The highest BCUT2D eigenvalue weighted by atomic mass is 16.2. The molecule has 1 aliphatic heterocycles. The van der Waals surface area contributed by atoms with Gasteiger partial charge < -0.3 is 14.8 Å². The minimum atomic E-state index is 0.0664. The smallest absolute Gasteiger partial charge is 0.317 e. The van der Waals surface area contributed by atoms with E-state index in [9.17, 15) is 4.79 Å². The minimum Gasteiger partial charge on any atom is -0.338 e. The molecule has 1 saturated heterocycles. The molecule has 1 aromatic carbocycles. The average Bonchev–Trinajstić information content (AvgIpc) is 3.17. The van der Waals surface area contributed by atoms with Gasteiger partial charge in [-0.2, -0.15) is 0 Å². The Morgan fingerprint density at radius 2 is 1.81 bits per heavy atom. The number of fused-ring (bicyclic) bond motifs is 1. The molecule has 0 unspecified atom stereocenters. The lowest BCUT2D eigenvalue weighted by Gasteiger charge is -2.34. The molecule has 2 amide bonds. The summed E-state index contributed by atoms with van der Waals surface area (Å²) in [5, 5.41) is 3.05. The molecule has 1 fully saturated rings. The summed E-state index contributed by atoms with van der Waals surface area (Å²) >= 11 is 0. The molecule has 3 aromatic rings. The Bertz CT molecular complexity index is 1030. The van der Waals surface area contributed by atoms with Gasteiger partial charge in [-0.05, 0) is 31.4 Å². The molecule has 7 heteroatoms. The third kappa shape index (κ3) is 5.27. The van der Waals surface area contributed by atoms with Crippen molar-refractivity contribution in [3.63, 3.8) is 0 Å². The summed E-state index contributed by atoms with van der Waals surface area (Å²) in [6.45, 7) is 12.2. The van der Waals surface area contributed by atoms with Crippen LogP contribution in [-0.2, 0) is 6.54 Å². The van der Waals surface area contributed by atoms with Crippen LogP contribution in [0.2, 0.25) is 0 Å². The summed E-state index contributed by atoms with van der Waals surface area (Å²) in [6, 6.07) is 12.5. The topological polar surface area (TPSA) is 66.3 Å². The lowest BCUT2D eigenvalue weighted by atomic mass is 10.1. The number of carbonyl (C=O) groups is 1. The highest BCUT2D eigenvalue weighted by Gasteiger charge is 2.21. The molecule has 7 nitrogen and oxygen atoms in total. The minimum absolute atomic E-state index is 0.0664. The Hall–Kier alpha value is -2.93. The Kier molecular flexibility index (Phi) is 7.05. The summed E-state index contributed by atoms with van der Waals surface area (Å²) in [5.74, 6) is 1.56.